The van der Waals surface area contributed by atoms with Gasteiger partial charge in [0.05, 0.1) is 10.6 Å². The van der Waals surface area contributed by atoms with E-state index in [2.05, 4.69) is 5.32 Å². The molecule has 0 unspecified atom stereocenters. The van der Waals surface area contributed by atoms with Crippen LogP contribution in [0.3, 0.4) is 0 Å². The van der Waals surface area contributed by atoms with Gasteiger partial charge in [-0.1, -0.05) is 37.2 Å². The fourth-order valence-corrected chi connectivity index (χ4v) is 3.16. The van der Waals surface area contributed by atoms with Crippen LogP contribution in [0.25, 0.3) is 0 Å². The van der Waals surface area contributed by atoms with Crippen molar-refractivity contribution in [3.8, 4) is 0 Å². The Morgan fingerprint density at radius 3 is 2.82 bits per heavy atom. The molecule has 0 amide bonds. The van der Waals surface area contributed by atoms with E-state index in [1.54, 1.807) is 0 Å². The fourth-order valence-electron chi connectivity index (χ4n) is 1.71. The third kappa shape index (κ3) is 2.50. The number of hydrogen-bond donors (Lipinski definition) is 1. The Balaban J connectivity index is 2.40. The summed E-state index contributed by atoms with van der Waals surface area (Å²) in [5.41, 5.74) is 2.04. The first-order valence-electron chi connectivity index (χ1n) is 5.66. The maximum atomic E-state index is 11.9. The minimum absolute atomic E-state index is 0.185. The first-order valence-corrected chi connectivity index (χ1v) is 6.86. The Bertz CT molecular complexity index is 496. The quantitative estimate of drug-likeness (QED) is 0.877. The van der Waals surface area contributed by atoms with E-state index in [0.717, 1.165) is 27.6 Å². The SMILES string of the molecule is CCC(=O)C1=C(CC)Nc2ccc(Cl)cc2S1. The molecule has 0 aliphatic carbocycles. The second kappa shape index (κ2) is 5.15. The Hall–Kier alpha value is -0.930. The Morgan fingerprint density at radius 2 is 2.18 bits per heavy atom. The van der Waals surface area contributed by atoms with Gasteiger partial charge in [0.15, 0.2) is 5.78 Å². The highest BCUT2D eigenvalue weighted by atomic mass is 35.5. The molecular weight excluding hydrogens is 254 g/mol. The molecule has 2 rings (SSSR count). The molecule has 90 valence electrons. The van der Waals surface area contributed by atoms with Crippen LogP contribution in [-0.4, -0.2) is 5.78 Å². The van der Waals surface area contributed by atoms with Crippen molar-refractivity contribution >= 4 is 34.8 Å². The van der Waals surface area contributed by atoms with E-state index >= 15 is 0 Å². The summed E-state index contributed by atoms with van der Waals surface area (Å²) >= 11 is 7.49. The molecule has 0 spiro atoms. The fraction of sp³-hybridized carbons (Fsp3) is 0.308. The molecule has 1 aromatic rings. The number of Topliss-reactive ketones (excluding diaryl/α,β-unsaturated/α-hetero) is 1. The number of ketones is 1. The van der Waals surface area contributed by atoms with Gasteiger partial charge < -0.3 is 5.32 Å². The van der Waals surface area contributed by atoms with Crippen LogP contribution in [0.15, 0.2) is 33.7 Å². The van der Waals surface area contributed by atoms with Crippen molar-refractivity contribution in [2.24, 2.45) is 0 Å². The van der Waals surface area contributed by atoms with Crippen LogP contribution in [-0.2, 0) is 4.79 Å². The molecule has 2 nitrogen and oxygen atoms in total. The van der Waals surface area contributed by atoms with Crippen LogP contribution >= 0.6 is 23.4 Å². The van der Waals surface area contributed by atoms with Crippen LogP contribution in [0.4, 0.5) is 5.69 Å². The van der Waals surface area contributed by atoms with Crippen molar-refractivity contribution < 1.29 is 4.79 Å². The number of halogens is 1. The summed E-state index contributed by atoms with van der Waals surface area (Å²) in [7, 11) is 0. The van der Waals surface area contributed by atoms with E-state index in [9.17, 15) is 4.79 Å². The maximum Gasteiger partial charge on any atom is 0.171 e. The van der Waals surface area contributed by atoms with E-state index < -0.39 is 0 Å². The summed E-state index contributed by atoms with van der Waals surface area (Å²) in [6.45, 7) is 3.93. The second-order valence-electron chi connectivity index (χ2n) is 3.81. The molecule has 1 N–H and O–H groups in total. The van der Waals surface area contributed by atoms with Crippen molar-refractivity contribution in [2.45, 2.75) is 31.6 Å². The normalized spacial score (nSPS) is 14.3. The third-order valence-corrected chi connectivity index (χ3v) is 4.11. The molecule has 4 heteroatoms. The van der Waals surface area contributed by atoms with E-state index in [1.807, 2.05) is 32.0 Å². The molecule has 17 heavy (non-hydrogen) atoms. The van der Waals surface area contributed by atoms with Gasteiger partial charge in [-0.2, -0.15) is 0 Å². The first-order chi connectivity index (χ1) is 8.15. The summed E-state index contributed by atoms with van der Waals surface area (Å²) in [5, 5.41) is 4.01. The van der Waals surface area contributed by atoms with Gasteiger partial charge in [0.25, 0.3) is 0 Å². The van der Waals surface area contributed by atoms with Gasteiger partial charge in [0.2, 0.25) is 0 Å². The number of carbonyl (C=O) groups is 1. The number of fused-ring (bicyclic) bond motifs is 1. The van der Waals surface area contributed by atoms with Gasteiger partial charge in [0, 0.05) is 22.0 Å². The number of nitrogens with one attached hydrogen (secondary N) is 1. The maximum absolute atomic E-state index is 11.9. The smallest absolute Gasteiger partial charge is 0.171 e. The highest BCUT2D eigenvalue weighted by Gasteiger charge is 2.21. The number of anilines is 1. The summed E-state index contributed by atoms with van der Waals surface area (Å²) in [5.74, 6) is 0.185. The van der Waals surface area contributed by atoms with Crippen LogP contribution in [0.1, 0.15) is 26.7 Å². The molecule has 0 fully saturated rings. The summed E-state index contributed by atoms with van der Waals surface area (Å²) in [4.78, 5) is 13.7. The predicted molar refractivity (Wildman–Crippen MR) is 73.5 cm³/mol. The largest absolute Gasteiger partial charge is 0.357 e. The summed E-state index contributed by atoms with van der Waals surface area (Å²) in [6, 6.07) is 5.70. The van der Waals surface area contributed by atoms with Crippen LogP contribution < -0.4 is 5.32 Å². The molecule has 1 aliphatic rings. The van der Waals surface area contributed by atoms with Crippen molar-refractivity contribution in [2.75, 3.05) is 5.32 Å². The minimum Gasteiger partial charge on any atom is -0.357 e. The lowest BCUT2D eigenvalue weighted by Gasteiger charge is -2.22. The number of benzene rings is 1. The van der Waals surface area contributed by atoms with E-state index in [0.29, 0.717) is 11.4 Å². The minimum atomic E-state index is 0.185. The van der Waals surface area contributed by atoms with Gasteiger partial charge in [-0.3, -0.25) is 4.79 Å². The lowest BCUT2D eigenvalue weighted by Crippen LogP contribution is -2.12. The molecule has 1 aliphatic heterocycles. The van der Waals surface area contributed by atoms with Crippen molar-refractivity contribution in [3.63, 3.8) is 0 Å². The number of carbonyl (C=O) groups excluding carboxylic acids is 1. The van der Waals surface area contributed by atoms with Gasteiger partial charge in [0.1, 0.15) is 0 Å². The molecule has 1 heterocycles. The first kappa shape index (κ1) is 12.5. The molecule has 0 saturated carbocycles. The van der Waals surface area contributed by atoms with Crippen molar-refractivity contribution in [3.05, 3.63) is 33.8 Å². The van der Waals surface area contributed by atoms with E-state index in [1.165, 1.54) is 11.8 Å². The van der Waals surface area contributed by atoms with Crippen LogP contribution in [0, 0.1) is 0 Å². The van der Waals surface area contributed by atoms with E-state index in [4.69, 9.17) is 11.6 Å². The molecule has 0 bridgehead atoms. The Kier molecular flexibility index (Phi) is 3.79. The number of rotatable bonds is 3. The average molecular weight is 268 g/mol. The van der Waals surface area contributed by atoms with Gasteiger partial charge in [-0.05, 0) is 24.6 Å². The zero-order valence-electron chi connectivity index (χ0n) is 9.84. The topological polar surface area (TPSA) is 29.1 Å². The highest BCUT2D eigenvalue weighted by molar-refractivity contribution is 8.04. The van der Waals surface area contributed by atoms with Crippen molar-refractivity contribution in [1.29, 1.82) is 0 Å². The van der Waals surface area contributed by atoms with Gasteiger partial charge in [-0.25, -0.2) is 0 Å². The lowest BCUT2D eigenvalue weighted by molar-refractivity contribution is -0.114. The average Bonchev–Trinajstić information content (AvgIpc) is 2.36. The van der Waals surface area contributed by atoms with Gasteiger partial charge in [-0.15, -0.1) is 0 Å². The van der Waals surface area contributed by atoms with Crippen LogP contribution in [0.5, 0.6) is 0 Å². The van der Waals surface area contributed by atoms with Crippen molar-refractivity contribution in [1.82, 2.24) is 0 Å². The highest BCUT2D eigenvalue weighted by Crippen LogP contribution is 2.42. The molecular formula is C13H14ClNOS. The standard InChI is InChI=1S/C13H14ClNOS/c1-3-9-13(11(16)4-2)17-12-7-8(14)5-6-10(12)15-9/h5-7,15H,3-4H2,1-2H3. The Labute approximate surface area is 110 Å². The monoisotopic (exact) mass is 267 g/mol. The summed E-state index contributed by atoms with van der Waals surface area (Å²) in [6.07, 6.45) is 1.36. The number of hydrogen-bond acceptors (Lipinski definition) is 3. The van der Waals surface area contributed by atoms with Crippen LogP contribution in [0.2, 0.25) is 5.02 Å². The lowest BCUT2D eigenvalue weighted by atomic mass is 10.2. The van der Waals surface area contributed by atoms with Gasteiger partial charge >= 0.3 is 0 Å². The molecule has 0 aromatic heterocycles. The zero-order chi connectivity index (χ0) is 12.4. The molecule has 0 atom stereocenters. The van der Waals surface area contributed by atoms with E-state index in [-0.39, 0.29) is 5.78 Å². The summed E-state index contributed by atoms with van der Waals surface area (Å²) < 4.78 is 0. The Morgan fingerprint density at radius 1 is 1.41 bits per heavy atom. The second-order valence-corrected chi connectivity index (χ2v) is 5.29. The molecule has 1 aromatic carbocycles. The molecule has 0 radical (unpaired) electrons. The predicted octanol–water partition coefficient (Wildman–Crippen LogP) is 4.46. The molecule has 0 saturated heterocycles. The zero-order valence-corrected chi connectivity index (χ0v) is 11.4. The number of allylic oxidation sites excluding steroid dienone is 2. The number of thioether (sulfide) groups is 1. The third-order valence-electron chi connectivity index (χ3n) is 2.64.